The average Bonchev–Trinajstić information content (AvgIpc) is 2.77. The molecule has 1 fully saturated rings. The van der Waals surface area contributed by atoms with Gasteiger partial charge in [-0.1, -0.05) is 37.3 Å². The molecule has 0 aromatic heterocycles. The first kappa shape index (κ1) is 25.4. The van der Waals surface area contributed by atoms with Gasteiger partial charge in [0.25, 0.3) is 0 Å². The van der Waals surface area contributed by atoms with Crippen LogP contribution < -0.4 is 0 Å². The fraction of sp³-hybridized carbons (Fsp3) is 0.632. The second kappa shape index (κ2) is 11.1. The fourth-order valence-corrected chi connectivity index (χ4v) is 3.61. The molecule has 1 aromatic carbocycles. The van der Waals surface area contributed by atoms with Gasteiger partial charge in [-0.15, -0.1) is 16.5 Å². The molecule has 1 heterocycles. The Morgan fingerprint density at radius 1 is 1.23 bits per heavy atom. The number of nitrogens with zero attached hydrogens (tertiary/aromatic N) is 3. The van der Waals surface area contributed by atoms with Crippen LogP contribution in [0, 0.1) is 4.91 Å². The molecule has 1 saturated heterocycles. The van der Waals surface area contributed by atoms with E-state index in [1.54, 1.807) is 37.3 Å². The summed E-state index contributed by atoms with van der Waals surface area (Å²) in [5.41, 5.74) is 0.556. The van der Waals surface area contributed by atoms with E-state index in [0.717, 1.165) is 4.90 Å². The molecule has 1 aromatic rings. The summed E-state index contributed by atoms with van der Waals surface area (Å²) in [6.07, 6.45) is -9.12. The maximum absolute atomic E-state index is 12.7. The number of amides is 2. The molecule has 31 heavy (non-hydrogen) atoms. The topological polar surface area (TPSA) is 163 Å². The Morgan fingerprint density at radius 3 is 2.42 bits per heavy atom. The van der Waals surface area contributed by atoms with Gasteiger partial charge in [-0.2, -0.15) is 5.01 Å². The standard InChI is InChI=1S/C19H28ClN3O8/c1-2-9-22(18(28)23(21-30)10-8-20)17(27)15-13(24)14(25)16(26)19(29,31-15)11-12-6-4-3-5-7-12/h3-7,13-17,24-27,29H,2,8-11H2,1H3/t13-,14+,15-,16-,17?,19-/m0/s1. The van der Waals surface area contributed by atoms with Crippen LogP contribution in [0.25, 0.3) is 0 Å². The smallest absolute Gasteiger partial charge is 0.345 e. The molecule has 0 spiro atoms. The number of carbonyl (C=O) groups excluding carboxylic acids is 1. The number of rotatable bonds is 9. The van der Waals surface area contributed by atoms with Crippen molar-refractivity contribution in [2.75, 3.05) is 19.0 Å². The van der Waals surface area contributed by atoms with Gasteiger partial charge in [-0.05, 0) is 12.0 Å². The largest absolute Gasteiger partial charge is 0.387 e. The summed E-state index contributed by atoms with van der Waals surface area (Å²) in [5.74, 6) is -2.46. The number of urea groups is 1. The minimum Gasteiger partial charge on any atom is -0.387 e. The van der Waals surface area contributed by atoms with Crippen LogP contribution in [-0.4, -0.2) is 96.9 Å². The molecule has 1 aliphatic heterocycles. The monoisotopic (exact) mass is 461 g/mol. The van der Waals surface area contributed by atoms with Crippen LogP contribution in [0.4, 0.5) is 4.79 Å². The van der Waals surface area contributed by atoms with Crippen LogP contribution >= 0.6 is 11.6 Å². The molecular weight excluding hydrogens is 434 g/mol. The van der Waals surface area contributed by atoms with E-state index in [1.807, 2.05) is 0 Å². The number of aliphatic hydroxyl groups excluding tert-OH is 4. The van der Waals surface area contributed by atoms with Crippen LogP contribution in [0.2, 0.25) is 0 Å². The summed E-state index contributed by atoms with van der Waals surface area (Å²) in [4.78, 5) is 24.5. The Labute approximate surface area is 184 Å². The zero-order valence-electron chi connectivity index (χ0n) is 17.0. The summed E-state index contributed by atoms with van der Waals surface area (Å²) in [6, 6.07) is 7.47. The van der Waals surface area contributed by atoms with Gasteiger partial charge in [0.15, 0.2) is 12.0 Å². The zero-order valence-corrected chi connectivity index (χ0v) is 17.7. The van der Waals surface area contributed by atoms with Crippen LogP contribution in [-0.2, 0) is 11.2 Å². The maximum atomic E-state index is 12.7. The van der Waals surface area contributed by atoms with E-state index in [1.165, 1.54) is 0 Å². The molecule has 0 bridgehead atoms. The average molecular weight is 462 g/mol. The maximum Gasteiger partial charge on any atom is 0.345 e. The highest BCUT2D eigenvalue weighted by Crippen LogP contribution is 2.33. The molecule has 1 aliphatic rings. The summed E-state index contributed by atoms with van der Waals surface area (Å²) < 4.78 is 5.48. The van der Waals surface area contributed by atoms with E-state index in [4.69, 9.17) is 16.3 Å². The number of benzene rings is 1. The Hall–Kier alpha value is -1.86. The number of halogens is 1. The van der Waals surface area contributed by atoms with Crippen molar-refractivity contribution in [3.63, 3.8) is 0 Å². The predicted octanol–water partition coefficient (Wildman–Crippen LogP) is -0.228. The predicted molar refractivity (Wildman–Crippen MR) is 110 cm³/mol. The van der Waals surface area contributed by atoms with Crippen molar-refractivity contribution in [2.24, 2.45) is 5.29 Å². The number of hydrogen-bond acceptors (Lipinski definition) is 9. The van der Waals surface area contributed by atoms with Crippen molar-refractivity contribution in [1.82, 2.24) is 9.91 Å². The number of hydrogen-bond donors (Lipinski definition) is 5. The summed E-state index contributed by atoms with van der Waals surface area (Å²) >= 11 is 5.57. The quantitative estimate of drug-likeness (QED) is 0.146. The van der Waals surface area contributed by atoms with Crippen molar-refractivity contribution in [1.29, 1.82) is 0 Å². The van der Waals surface area contributed by atoms with Crippen molar-refractivity contribution in [3.8, 4) is 0 Å². The van der Waals surface area contributed by atoms with Gasteiger partial charge in [0.05, 0.1) is 11.8 Å². The van der Waals surface area contributed by atoms with Crippen LogP contribution in [0.15, 0.2) is 35.6 Å². The molecule has 0 saturated carbocycles. The second-order valence-corrected chi connectivity index (χ2v) is 7.68. The number of ether oxygens (including phenoxy) is 1. The SMILES string of the molecule is CCCN(C(=O)N(CCCl)N=O)C(O)[C@H]1O[C@@](O)(Cc2ccccc2)[C@@H](O)[C@H](O)[C@@H]1O. The molecule has 0 radical (unpaired) electrons. The minimum absolute atomic E-state index is 0.0589. The normalized spacial score (nSPS) is 29.3. The molecule has 2 rings (SSSR count). The molecule has 174 valence electrons. The first-order chi connectivity index (χ1) is 14.7. The van der Waals surface area contributed by atoms with Crippen molar-refractivity contribution in [3.05, 3.63) is 40.8 Å². The Balaban J connectivity index is 2.31. The third-order valence-corrected chi connectivity index (χ3v) is 5.22. The number of carbonyl (C=O) groups is 1. The molecule has 1 unspecified atom stereocenters. The van der Waals surface area contributed by atoms with Gasteiger partial charge in [0.1, 0.15) is 24.4 Å². The van der Waals surface area contributed by atoms with Crippen LogP contribution in [0.1, 0.15) is 18.9 Å². The van der Waals surface area contributed by atoms with Gasteiger partial charge in [-0.3, -0.25) is 4.90 Å². The van der Waals surface area contributed by atoms with E-state index in [9.17, 15) is 35.2 Å². The Bertz CT molecular complexity index is 729. The van der Waals surface area contributed by atoms with Crippen molar-refractivity contribution in [2.45, 2.75) is 56.2 Å². The van der Waals surface area contributed by atoms with Gasteiger partial charge in [0, 0.05) is 18.8 Å². The van der Waals surface area contributed by atoms with E-state index in [-0.39, 0.29) is 25.4 Å². The fourth-order valence-electron chi connectivity index (χ4n) is 3.45. The molecule has 6 atom stereocenters. The summed E-state index contributed by atoms with van der Waals surface area (Å²) in [7, 11) is 0. The minimum atomic E-state index is -2.37. The molecule has 12 heteroatoms. The lowest BCUT2D eigenvalue weighted by atomic mass is 9.88. The zero-order chi connectivity index (χ0) is 23.2. The third-order valence-electron chi connectivity index (χ3n) is 5.05. The lowest BCUT2D eigenvalue weighted by Crippen LogP contribution is -2.69. The van der Waals surface area contributed by atoms with E-state index in [2.05, 4.69) is 5.29 Å². The second-order valence-electron chi connectivity index (χ2n) is 7.30. The van der Waals surface area contributed by atoms with Gasteiger partial charge >= 0.3 is 6.03 Å². The summed E-state index contributed by atoms with van der Waals surface area (Å²) in [6.45, 7) is 1.43. The highest BCUT2D eigenvalue weighted by atomic mass is 35.5. The Morgan fingerprint density at radius 2 is 1.87 bits per heavy atom. The number of nitroso groups, excluding NO2 is 1. The number of aliphatic hydroxyl groups is 5. The van der Waals surface area contributed by atoms with E-state index in [0.29, 0.717) is 17.0 Å². The lowest BCUT2D eigenvalue weighted by Gasteiger charge is -2.48. The Kier molecular flexibility index (Phi) is 9.13. The highest BCUT2D eigenvalue weighted by Gasteiger charge is 2.55. The van der Waals surface area contributed by atoms with Gasteiger partial charge in [0.2, 0.25) is 0 Å². The van der Waals surface area contributed by atoms with Crippen LogP contribution in [0.5, 0.6) is 0 Å². The van der Waals surface area contributed by atoms with Crippen molar-refractivity contribution >= 4 is 17.6 Å². The summed E-state index contributed by atoms with van der Waals surface area (Å²) in [5, 5.41) is 55.9. The lowest BCUT2D eigenvalue weighted by molar-refractivity contribution is -0.362. The first-order valence-corrected chi connectivity index (χ1v) is 10.4. The highest BCUT2D eigenvalue weighted by molar-refractivity contribution is 6.18. The van der Waals surface area contributed by atoms with Crippen molar-refractivity contribution < 1.29 is 35.1 Å². The molecular formula is C19H28ClN3O8. The molecule has 5 N–H and O–H groups in total. The molecule has 0 aliphatic carbocycles. The van der Waals surface area contributed by atoms with E-state index < -0.39 is 42.5 Å². The van der Waals surface area contributed by atoms with Gasteiger partial charge in [-0.25, -0.2) is 4.79 Å². The third kappa shape index (κ3) is 5.69. The van der Waals surface area contributed by atoms with Gasteiger partial charge < -0.3 is 30.3 Å². The molecule has 11 nitrogen and oxygen atoms in total. The first-order valence-electron chi connectivity index (χ1n) is 9.83. The van der Waals surface area contributed by atoms with Crippen LogP contribution in [0.3, 0.4) is 0 Å². The number of alkyl halides is 1. The van der Waals surface area contributed by atoms with E-state index >= 15 is 0 Å². The molecule has 2 amide bonds.